The third kappa shape index (κ3) is 5.73. The van der Waals surface area contributed by atoms with Crippen LogP contribution >= 0.6 is 0 Å². The van der Waals surface area contributed by atoms with E-state index in [4.69, 9.17) is 5.73 Å². The highest BCUT2D eigenvalue weighted by Gasteiger charge is 2.27. The minimum atomic E-state index is 0.358. The van der Waals surface area contributed by atoms with Gasteiger partial charge in [0.1, 0.15) is 0 Å². The predicted molar refractivity (Wildman–Crippen MR) is 95.7 cm³/mol. The Kier molecular flexibility index (Phi) is 8.49. The molecule has 0 saturated carbocycles. The van der Waals surface area contributed by atoms with Crippen molar-refractivity contribution in [2.24, 2.45) is 0 Å². The van der Waals surface area contributed by atoms with E-state index in [1.54, 1.807) is 0 Å². The summed E-state index contributed by atoms with van der Waals surface area (Å²) in [5, 5.41) is 0. The van der Waals surface area contributed by atoms with Gasteiger partial charge < -0.3 is 5.73 Å². The fourth-order valence-corrected chi connectivity index (χ4v) is 3.41. The van der Waals surface area contributed by atoms with Crippen molar-refractivity contribution in [2.75, 3.05) is 5.73 Å². The minimum absolute atomic E-state index is 0.358. The van der Waals surface area contributed by atoms with Gasteiger partial charge in [0.25, 0.3) is 0 Å². The van der Waals surface area contributed by atoms with Gasteiger partial charge in [0.05, 0.1) is 0 Å². The third-order valence-corrected chi connectivity index (χ3v) is 5.14. The molecule has 0 aliphatic rings. The summed E-state index contributed by atoms with van der Waals surface area (Å²) in [4.78, 5) is 0. The Balaban J connectivity index is 2.47. The lowest BCUT2D eigenvalue weighted by molar-refractivity contribution is 0.348. The highest BCUT2D eigenvalue weighted by atomic mass is 14.5. The Hall–Kier alpha value is -0.980. The summed E-state index contributed by atoms with van der Waals surface area (Å²) in [5.41, 5.74) is 8.54. The van der Waals surface area contributed by atoms with Crippen LogP contribution in [0.2, 0.25) is 0 Å². The molecule has 0 aliphatic heterocycles. The van der Waals surface area contributed by atoms with Crippen LogP contribution in [0.3, 0.4) is 0 Å². The molecular weight excluding hydrogens is 254 g/mol. The number of unbranched alkanes of at least 4 members (excludes halogenated alkanes) is 6. The highest BCUT2D eigenvalue weighted by Crippen LogP contribution is 2.37. The first kappa shape index (κ1) is 18.1. The summed E-state index contributed by atoms with van der Waals surface area (Å²) in [5.74, 6) is 0. The maximum absolute atomic E-state index is 5.83. The second-order valence-corrected chi connectivity index (χ2v) is 6.48. The summed E-state index contributed by atoms with van der Waals surface area (Å²) in [6, 6.07) is 8.59. The van der Waals surface area contributed by atoms with Crippen molar-refractivity contribution in [1.82, 2.24) is 0 Å². The van der Waals surface area contributed by atoms with Crippen molar-refractivity contribution in [3.05, 3.63) is 29.8 Å². The number of hydrogen-bond acceptors (Lipinski definition) is 1. The van der Waals surface area contributed by atoms with Crippen molar-refractivity contribution in [1.29, 1.82) is 0 Å². The Morgan fingerprint density at radius 3 is 1.81 bits per heavy atom. The van der Waals surface area contributed by atoms with Crippen LogP contribution in [0.4, 0.5) is 5.69 Å². The van der Waals surface area contributed by atoms with Crippen LogP contribution in [0.1, 0.15) is 90.5 Å². The van der Waals surface area contributed by atoms with Gasteiger partial charge in [-0.05, 0) is 42.4 Å². The summed E-state index contributed by atoms with van der Waals surface area (Å²) in [6.45, 7) is 6.95. The Morgan fingerprint density at radius 2 is 1.29 bits per heavy atom. The van der Waals surface area contributed by atoms with Crippen LogP contribution in [0.5, 0.6) is 0 Å². The van der Waals surface area contributed by atoms with Crippen LogP contribution in [-0.4, -0.2) is 0 Å². The fourth-order valence-electron chi connectivity index (χ4n) is 3.41. The lowest BCUT2D eigenvalue weighted by atomic mass is 9.72. The van der Waals surface area contributed by atoms with Gasteiger partial charge in [-0.2, -0.15) is 0 Å². The molecule has 1 aromatic carbocycles. The normalized spacial score (nSPS) is 11.8. The van der Waals surface area contributed by atoms with Gasteiger partial charge in [-0.3, -0.25) is 0 Å². The van der Waals surface area contributed by atoms with Gasteiger partial charge in [-0.25, -0.2) is 0 Å². The summed E-state index contributed by atoms with van der Waals surface area (Å²) in [6.07, 6.45) is 13.5. The third-order valence-electron chi connectivity index (χ3n) is 5.14. The lowest BCUT2D eigenvalue weighted by Crippen LogP contribution is -2.24. The Labute approximate surface area is 132 Å². The second kappa shape index (κ2) is 9.87. The van der Waals surface area contributed by atoms with Gasteiger partial charge in [0.15, 0.2) is 0 Å². The molecule has 120 valence electrons. The molecule has 1 nitrogen and oxygen atoms in total. The standard InChI is InChI=1S/C20H35N/c1-4-7-8-9-10-11-12-17-20(5-2,6-3)18-13-15-19(21)16-14-18/h13-16H,4-12,17,21H2,1-3H3. The average molecular weight is 290 g/mol. The van der Waals surface area contributed by atoms with E-state index in [2.05, 4.69) is 45.0 Å². The van der Waals surface area contributed by atoms with E-state index < -0.39 is 0 Å². The number of benzene rings is 1. The van der Waals surface area contributed by atoms with Crippen molar-refractivity contribution < 1.29 is 0 Å². The first-order valence-corrected chi connectivity index (χ1v) is 9.04. The van der Waals surface area contributed by atoms with E-state index in [1.165, 1.54) is 69.8 Å². The zero-order valence-corrected chi connectivity index (χ0v) is 14.5. The van der Waals surface area contributed by atoms with Gasteiger partial charge in [-0.15, -0.1) is 0 Å². The molecule has 0 saturated heterocycles. The zero-order valence-electron chi connectivity index (χ0n) is 14.5. The van der Waals surface area contributed by atoms with Crippen LogP contribution in [0.15, 0.2) is 24.3 Å². The maximum Gasteiger partial charge on any atom is 0.0314 e. The molecule has 1 rings (SSSR count). The molecule has 21 heavy (non-hydrogen) atoms. The number of rotatable bonds is 11. The molecule has 0 spiro atoms. The zero-order chi connectivity index (χ0) is 15.6. The average Bonchev–Trinajstić information content (AvgIpc) is 2.52. The molecule has 0 bridgehead atoms. The van der Waals surface area contributed by atoms with E-state index in [0.29, 0.717) is 5.41 Å². The molecule has 0 atom stereocenters. The Morgan fingerprint density at radius 1 is 0.762 bits per heavy atom. The number of hydrogen-bond donors (Lipinski definition) is 1. The highest BCUT2D eigenvalue weighted by molar-refractivity contribution is 5.41. The van der Waals surface area contributed by atoms with Gasteiger partial charge >= 0.3 is 0 Å². The van der Waals surface area contributed by atoms with Crippen molar-refractivity contribution in [2.45, 2.75) is 90.4 Å². The van der Waals surface area contributed by atoms with Gasteiger partial charge in [0, 0.05) is 5.69 Å². The lowest BCUT2D eigenvalue weighted by Gasteiger charge is -2.33. The van der Waals surface area contributed by atoms with Crippen LogP contribution in [-0.2, 0) is 5.41 Å². The van der Waals surface area contributed by atoms with Gasteiger partial charge in [-0.1, -0.05) is 77.8 Å². The molecule has 0 amide bonds. The first-order valence-electron chi connectivity index (χ1n) is 9.04. The summed E-state index contributed by atoms with van der Waals surface area (Å²) < 4.78 is 0. The first-order chi connectivity index (χ1) is 10.2. The fraction of sp³-hybridized carbons (Fsp3) is 0.700. The second-order valence-electron chi connectivity index (χ2n) is 6.48. The van der Waals surface area contributed by atoms with Crippen molar-refractivity contribution in [3.63, 3.8) is 0 Å². The Bertz CT molecular complexity index is 362. The van der Waals surface area contributed by atoms with E-state index >= 15 is 0 Å². The quantitative estimate of drug-likeness (QED) is 0.367. The monoisotopic (exact) mass is 289 g/mol. The van der Waals surface area contributed by atoms with Crippen LogP contribution < -0.4 is 5.73 Å². The van der Waals surface area contributed by atoms with Crippen molar-refractivity contribution in [3.8, 4) is 0 Å². The number of nitrogen functional groups attached to an aromatic ring is 1. The summed E-state index contributed by atoms with van der Waals surface area (Å²) >= 11 is 0. The molecular formula is C20H35N. The molecule has 0 aliphatic carbocycles. The molecule has 2 N–H and O–H groups in total. The van der Waals surface area contributed by atoms with E-state index in [1.807, 2.05) is 0 Å². The number of nitrogens with two attached hydrogens (primary N) is 1. The molecule has 1 heteroatoms. The van der Waals surface area contributed by atoms with Gasteiger partial charge in [0.2, 0.25) is 0 Å². The number of anilines is 1. The molecule has 0 aromatic heterocycles. The molecule has 0 heterocycles. The SMILES string of the molecule is CCCCCCCCCC(CC)(CC)c1ccc(N)cc1. The largest absolute Gasteiger partial charge is 0.399 e. The minimum Gasteiger partial charge on any atom is -0.399 e. The van der Waals surface area contributed by atoms with Crippen molar-refractivity contribution >= 4 is 5.69 Å². The maximum atomic E-state index is 5.83. The van der Waals surface area contributed by atoms with E-state index in [-0.39, 0.29) is 0 Å². The molecule has 1 aromatic rings. The predicted octanol–water partition coefficient (Wildman–Crippen LogP) is 6.47. The van der Waals surface area contributed by atoms with Crippen LogP contribution in [0, 0.1) is 0 Å². The molecule has 0 unspecified atom stereocenters. The topological polar surface area (TPSA) is 26.0 Å². The smallest absolute Gasteiger partial charge is 0.0314 e. The molecule has 0 fully saturated rings. The van der Waals surface area contributed by atoms with Crippen LogP contribution in [0.25, 0.3) is 0 Å². The summed E-state index contributed by atoms with van der Waals surface area (Å²) in [7, 11) is 0. The van der Waals surface area contributed by atoms with E-state index in [9.17, 15) is 0 Å². The molecule has 0 radical (unpaired) electrons. The van der Waals surface area contributed by atoms with E-state index in [0.717, 1.165) is 5.69 Å².